The second kappa shape index (κ2) is 7.83. The molecule has 1 aromatic carbocycles. The number of benzene rings is 1. The average molecular weight is 528 g/mol. The van der Waals surface area contributed by atoms with Crippen LogP contribution < -0.4 is 5.32 Å². The van der Waals surface area contributed by atoms with E-state index in [1.807, 2.05) is 13.0 Å². The highest BCUT2D eigenvalue weighted by Gasteiger charge is 2.66. The zero-order chi connectivity index (χ0) is 20.9. The molecule has 1 aromatic rings. The fourth-order valence-electron chi connectivity index (χ4n) is 4.81. The van der Waals surface area contributed by atoms with Gasteiger partial charge in [0.25, 0.3) is 5.91 Å². The average Bonchev–Trinajstić information content (AvgIpc) is 3.27. The van der Waals surface area contributed by atoms with Gasteiger partial charge in [-0.25, -0.2) is 0 Å². The second-order valence-corrected chi connectivity index (χ2v) is 9.96. The molecule has 0 radical (unpaired) electrons. The molecular formula is C20H20Br2N2O5. The van der Waals surface area contributed by atoms with Crippen molar-refractivity contribution >= 4 is 61.2 Å². The number of hydrogen-bond donors (Lipinski definition) is 1. The van der Waals surface area contributed by atoms with Gasteiger partial charge < -0.3 is 10.1 Å². The van der Waals surface area contributed by atoms with Gasteiger partial charge in [-0.05, 0) is 42.9 Å². The summed E-state index contributed by atoms with van der Waals surface area (Å²) in [7, 11) is 0. The molecule has 1 N–H and O–H groups in total. The Labute approximate surface area is 184 Å². The van der Waals surface area contributed by atoms with Crippen molar-refractivity contribution in [2.45, 2.75) is 23.0 Å². The highest BCUT2D eigenvalue weighted by atomic mass is 79.9. The van der Waals surface area contributed by atoms with Crippen molar-refractivity contribution in [3.05, 3.63) is 29.8 Å². The van der Waals surface area contributed by atoms with Crippen molar-refractivity contribution in [1.29, 1.82) is 0 Å². The van der Waals surface area contributed by atoms with Crippen molar-refractivity contribution in [1.82, 2.24) is 4.90 Å². The first-order valence-corrected chi connectivity index (χ1v) is 11.3. The van der Waals surface area contributed by atoms with Gasteiger partial charge in [-0.15, -0.1) is 0 Å². The van der Waals surface area contributed by atoms with Crippen molar-refractivity contribution in [2.75, 3.05) is 18.5 Å². The number of likely N-dealkylation sites (tertiary alicyclic amines) is 1. The van der Waals surface area contributed by atoms with E-state index in [4.69, 9.17) is 4.74 Å². The van der Waals surface area contributed by atoms with Crippen LogP contribution in [0.3, 0.4) is 0 Å². The Morgan fingerprint density at radius 3 is 2.34 bits per heavy atom. The lowest BCUT2D eigenvalue weighted by molar-refractivity contribution is -0.154. The van der Waals surface area contributed by atoms with Crippen LogP contribution in [0.15, 0.2) is 24.3 Å². The van der Waals surface area contributed by atoms with Crippen LogP contribution in [0.25, 0.3) is 0 Å². The number of amides is 3. The number of hydrogen-bond acceptors (Lipinski definition) is 5. The van der Waals surface area contributed by atoms with Crippen LogP contribution in [-0.4, -0.2) is 51.4 Å². The Hall–Kier alpha value is -1.74. The minimum Gasteiger partial charge on any atom is -0.454 e. The van der Waals surface area contributed by atoms with Gasteiger partial charge in [0.05, 0.1) is 11.8 Å². The van der Waals surface area contributed by atoms with Crippen LogP contribution in [0.5, 0.6) is 0 Å². The summed E-state index contributed by atoms with van der Waals surface area (Å²) in [5, 5.41) is 2.64. The third-order valence-corrected chi connectivity index (χ3v) is 9.24. The number of nitrogens with zero attached hydrogens (tertiary/aromatic N) is 1. The first-order valence-electron chi connectivity index (χ1n) is 9.43. The number of fused-ring (bicyclic) bond motifs is 5. The largest absolute Gasteiger partial charge is 0.454 e. The number of carbonyl (C=O) groups excluding carboxylic acids is 4. The van der Waals surface area contributed by atoms with Gasteiger partial charge in [0, 0.05) is 15.3 Å². The third-order valence-electron chi connectivity index (χ3n) is 6.03. The van der Waals surface area contributed by atoms with Gasteiger partial charge in [-0.1, -0.05) is 44.0 Å². The molecule has 4 rings (SSSR count). The number of anilines is 1. The van der Waals surface area contributed by atoms with Crippen LogP contribution >= 0.6 is 31.9 Å². The molecule has 2 saturated carbocycles. The highest BCUT2D eigenvalue weighted by Crippen LogP contribution is 2.60. The molecule has 0 unspecified atom stereocenters. The Balaban J connectivity index is 1.32. The van der Waals surface area contributed by atoms with E-state index in [2.05, 4.69) is 37.2 Å². The fourth-order valence-corrected chi connectivity index (χ4v) is 6.68. The lowest BCUT2D eigenvalue weighted by Gasteiger charge is -2.28. The summed E-state index contributed by atoms with van der Waals surface area (Å²) in [4.78, 5) is 51.0. The summed E-state index contributed by atoms with van der Waals surface area (Å²) in [5.74, 6) is -2.44. The minimum absolute atomic E-state index is 0.0898. The first kappa shape index (κ1) is 20.5. The number of carbonyl (C=O) groups is 4. The summed E-state index contributed by atoms with van der Waals surface area (Å²) in [5.41, 5.74) is 1.59. The van der Waals surface area contributed by atoms with Crippen LogP contribution in [0, 0.1) is 30.6 Å². The fraction of sp³-hybridized carbons (Fsp3) is 0.500. The Morgan fingerprint density at radius 2 is 1.76 bits per heavy atom. The van der Waals surface area contributed by atoms with Crippen LogP contribution in [-0.2, 0) is 23.9 Å². The molecular weight excluding hydrogens is 508 g/mol. The van der Waals surface area contributed by atoms with Crippen molar-refractivity contribution in [2.24, 2.45) is 23.7 Å². The molecule has 2 bridgehead atoms. The molecule has 7 nitrogen and oxygen atoms in total. The number of imide groups is 1. The van der Waals surface area contributed by atoms with Gasteiger partial charge in [0.15, 0.2) is 6.61 Å². The molecule has 154 valence electrons. The minimum atomic E-state index is -0.774. The summed E-state index contributed by atoms with van der Waals surface area (Å²) in [6.07, 6.45) is 0.829. The molecule has 1 aliphatic heterocycles. The monoisotopic (exact) mass is 526 g/mol. The Morgan fingerprint density at radius 1 is 1.14 bits per heavy atom. The summed E-state index contributed by atoms with van der Waals surface area (Å²) < 4.78 is 4.98. The lowest BCUT2D eigenvalue weighted by atomic mass is 9.81. The predicted octanol–water partition coefficient (Wildman–Crippen LogP) is 2.25. The highest BCUT2D eigenvalue weighted by molar-refractivity contribution is 9.12. The molecule has 0 spiro atoms. The van der Waals surface area contributed by atoms with Gasteiger partial charge in [-0.2, -0.15) is 0 Å². The molecule has 3 fully saturated rings. The van der Waals surface area contributed by atoms with E-state index in [0.29, 0.717) is 5.69 Å². The zero-order valence-electron chi connectivity index (χ0n) is 15.6. The number of nitrogens with one attached hydrogen (secondary N) is 1. The van der Waals surface area contributed by atoms with Crippen LogP contribution in [0.2, 0.25) is 0 Å². The molecule has 6 atom stereocenters. The van der Waals surface area contributed by atoms with E-state index in [1.54, 1.807) is 18.2 Å². The van der Waals surface area contributed by atoms with E-state index in [1.165, 1.54) is 0 Å². The summed E-state index contributed by atoms with van der Waals surface area (Å²) >= 11 is 7.25. The quantitative estimate of drug-likeness (QED) is 0.360. The topological polar surface area (TPSA) is 92.8 Å². The SMILES string of the molecule is Cc1cccc(NC(=O)COC(=O)CN2C(=O)[C@@H]3[C@H]4C[C@@H]([C@@H](Br)[C@H]4Br)[C@H]3C2=O)c1. The molecule has 29 heavy (non-hydrogen) atoms. The van der Waals surface area contributed by atoms with Crippen LogP contribution in [0.4, 0.5) is 5.69 Å². The first-order chi connectivity index (χ1) is 13.8. The smallest absolute Gasteiger partial charge is 0.326 e. The predicted molar refractivity (Wildman–Crippen MR) is 111 cm³/mol. The number of alkyl halides is 2. The Kier molecular flexibility index (Phi) is 5.54. The standard InChI is InChI=1S/C20H20Br2N2O5/c1-9-3-2-4-10(5-9)23-13(25)8-29-14(26)7-24-19(27)15-11-6-12(16(15)20(24)28)18(22)17(11)21/h2-5,11-12,15-18H,6-8H2,1H3,(H,23,25)/t11-,12-,15-,16-,17-,18+/m1/s1. The van der Waals surface area contributed by atoms with Gasteiger partial charge in [0.1, 0.15) is 6.54 Å². The van der Waals surface area contributed by atoms with Crippen molar-refractivity contribution < 1.29 is 23.9 Å². The number of ether oxygens (including phenoxy) is 1. The second-order valence-electron chi connectivity index (χ2n) is 7.84. The molecule has 3 amide bonds. The molecule has 2 aliphatic carbocycles. The molecule has 9 heteroatoms. The van der Waals surface area contributed by atoms with E-state index in [-0.39, 0.29) is 45.1 Å². The van der Waals surface area contributed by atoms with Crippen molar-refractivity contribution in [3.8, 4) is 0 Å². The van der Waals surface area contributed by atoms with Gasteiger partial charge in [-0.3, -0.25) is 24.1 Å². The summed E-state index contributed by atoms with van der Waals surface area (Å²) in [6.45, 7) is 0.965. The maximum atomic E-state index is 12.8. The van der Waals surface area contributed by atoms with Gasteiger partial charge in [0.2, 0.25) is 11.8 Å². The lowest BCUT2D eigenvalue weighted by Crippen LogP contribution is -2.38. The molecule has 1 heterocycles. The van der Waals surface area contributed by atoms with E-state index < -0.39 is 25.0 Å². The maximum Gasteiger partial charge on any atom is 0.326 e. The van der Waals surface area contributed by atoms with E-state index >= 15 is 0 Å². The molecule has 0 aromatic heterocycles. The van der Waals surface area contributed by atoms with E-state index in [9.17, 15) is 19.2 Å². The number of aryl methyl sites for hydroxylation is 1. The molecule has 1 saturated heterocycles. The normalized spacial score (nSPS) is 32.4. The van der Waals surface area contributed by atoms with Gasteiger partial charge >= 0.3 is 5.97 Å². The number of esters is 1. The molecule has 3 aliphatic rings. The summed E-state index contributed by atoms with van der Waals surface area (Å²) in [6, 6.07) is 7.23. The number of rotatable bonds is 5. The third kappa shape index (κ3) is 3.63. The van der Waals surface area contributed by atoms with E-state index in [0.717, 1.165) is 16.9 Å². The van der Waals surface area contributed by atoms with Crippen molar-refractivity contribution in [3.63, 3.8) is 0 Å². The maximum absolute atomic E-state index is 12.8. The zero-order valence-corrected chi connectivity index (χ0v) is 18.8. The Bertz CT molecular complexity index is 859. The van der Waals surface area contributed by atoms with Crippen LogP contribution in [0.1, 0.15) is 12.0 Å². The number of halogens is 2.